The molecule has 3 aliphatic rings. The lowest BCUT2D eigenvalue weighted by Crippen LogP contribution is -2.42. The molecule has 1 unspecified atom stereocenters. The van der Waals surface area contributed by atoms with Crippen molar-refractivity contribution in [3.05, 3.63) is 44.8 Å². The van der Waals surface area contributed by atoms with Crippen molar-refractivity contribution in [2.24, 2.45) is 4.99 Å². The topological polar surface area (TPSA) is 83.5 Å². The summed E-state index contributed by atoms with van der Waals surface area (Å²) in [7, 11) is 1.38. The lowest BCUT2D eigenvalue weighted by Gasteiger charge is -2.35. The number of fused-ring (bicyclic) bond motifs is 1. The van der Waals surface area contributed by atoms with Gasteiger partial charge in [0.1, 0.15) is 0 Å². The molecule has 8 nitrogen and oxygen atoms in total. The molecule has 10 heteroatoms. The monoisotopic (exact) mass is 462 g/mol. The Bertz CT molecular complexity index is 920. The fourth-order valence-electron chi connectivity index (χ4n) is 3.89. The molecule has 4 rings (SSSR count). The number of methoxy groups -OCH3 is 1. The van der Waals surface area contributed by atoms with Crippen molar-refractivity contribution in [2.75, 3.05) is 46.5 Å². The molecule has 0 aliphatic carbocycles. The summed E-state index contributed by atoms with van der Waals surface area (Å²) in [6, 6.07) is 1.64. The van der Waals surface area contributed by atoms with Gasteiger partial charge in [-0.3, -0.25) is 9.69 Å². The summed E-state index contributed by atoms with van der Waals surface area (Å²) in [6.07, 6.45) is 0.225. The van der Waals surface area contributed by atoms with Crippen LogP contribution in [-0.4, -0.2) is 73.3 Å². The van der Waals surface area contributed by atoms with Gasteiger partial charge in [0, 0.05) is 31.9 Å². The number of carbonyl (C=O) groups excluding carboxylic acids is 2. The first-order valence-corrected chi connectivity index (χ1v) is 12.0. The van der Waals surface area contributed by atoms with Crippen molar-refractivity contribution in [2.45, 2.75) is 19.4 Å². The quantitative estimate of drug-likeness (QED) is 0.623. The van der Waals surface area contributed by atoms with Gasteiger partial charge in [-0.2, -0.15) is 11.3 Å². The fraction of sp³-hybridized carbons (Fsp3) is 0.476. The number of carbonyl (C=O) groups is 2. The van der Waals surface area contributed by atoms with Crippen LogP contribution in [0.15, 0.2) is 44.2 Å². The second-order valence-electron chi connectivity index (χ2n) is 7.42. The van der Waals surface area contributed by atoms with E-state index < -0.39 is 5.97 Å². The Morgan fingerprint density at radius 3 is 2.87 bits per heavy atom. The number of nitrogens with zero attached hydrogens (tertiary/aromatic N) is 3. The number of thiophene rings is 1. The Morgan fingerprint density at radius 1 is 1.35 bits per heavy atom. The molecule has 1 saturated heterocycles. The molecule has 0 aromatic carbocycles. The summed E-state index contributed by atoms with van der Waals surface area (Å²) in [5.41, 5.74) is 2.97. The number of ether oxygens (including phenoxy) is 2. The molecule has 1 aromatic heterocycles. The number of esters is 1. The van der Waals surface area contributed by atoms with E-state index in [1.165, 1.54) is 18.9 Å². The van der Waals surface area contributed by atoms with E-state index in [1.54, 1.807) is 11.3 Å². The van der Waals surface area contributed by atoms with Crippen LogP contribution < -0.4 is 5.32 Å². The zero-order valence-corrected chi connectivity index (χ0v) is 19.3. The number of hydrogen-bond donors (Lipinski definition) is 1. The Kier molecular flexibility index (Phi) is 7.11. The fourth-order valence-corrected chi connectivity index (χ4v) is 5.54. The maximum absolute atomic E-state index is 12.7. The van der Waals surface area contributed by atoms with Gasteiger partial charge in [0.05, 0.1) is 44.1 Å². The van der Waals surface area contributed by atoms with Crippen molar-refractivity contribution >= 4 is 40.1 Å². The predicted molar refractivity (Wildman–Crippen MR) is 122 cm³/mol. The minimum Gasteiger partial charge on any atom is -0.466 e. The van der Waals surface area contributed by atoms with Crippen LogP contribution in [0.25, 0.3) is 0 Å². The van der Waals surface area contributed by atoms with Crippen molar-refractivity contribution < 1.29 is 19.1 Å². The van der Waals surface area contributed by atoms with Gasteiger partial charge >= 0.3 is 5.97 Å². The number of hydrogen-bond acceptors (Lipinski definition) is 9. The van der Waals surface area contributed by atoms with Crippen LogP contribution in [0.4, 0.5) is 0 Å². The smallest absolute Gasteiger partial charge is 0.338 e. The van der Waals surface area contributed by atoms with E-state index in [4.69, 9.17) is 9.47 Å². The molecule has 1 fully saturated rings. The molecule has 0 radical (unpaired) electrons. The molecule has 1 N–H and O–H groups in total. The maximum atomic E-state index is 12.7. The number of nitrogens with one attached hydrogen (secondary N) is 1. The Labute approximate surface area is 190 Å². The van der Waals surface area contributed by atoms with E-state index in [2.05, 4.69) is 15.2 Å². The molecule has 0 bridgehead atoms. The van der Waals surface area contributed by atoms with Crippen molar-refractivity contribution in [3.8, 4) is 0 Å². The zero-order chi connectivity index (χ0) is 21.8. The average Bonchev–Trinajstić information content (AvgIpc) is 3.44. The van der Waals surface area contributed by atoms with Crippen molar-refractivity contribution in [1.29, 1.82) is 0 Å². The van der Waals surface area contributed by atoms with Crippen LogP contribution >= 0.6 is 23.1 Å². The van der Waals surface area contributed by atoms with E-state index in [1.807, 2.05) is 34.1 Å². The second-order valence-corrected chi connectivity index (χ2v) is 9.04. The summed E-state index contributed by atoms with van der Waals surface area (Å²) < 4.78 is 10.4. The van der Waals surface area contributed by atoms with Gasteiger partial charge in [0.15, 0.2) is 5.17 Å². The third kappa shape index (κ3) is 4.87. The summed E-state index contributed by atoms with van der Waals surface area (Å²) in [6.45, 7) is 6.52. The lowest BCUT2D eigenvalue weighted by molar-refractivity contribution is -0.136. The van der Waals surface area contributed by atoms with E-state index in [-0.39, 0.29) is 18.4 Å². The minimum atomic E-state index is -0.400. The van der Waals surface area contributed by atoms with Gasteiger partial charge in [-0.05, 0) is 34.7 Å². The number of morpholine rings is 1. The number of amides is 1. The molecular formula is C21H26N4O4S2. The first-order valence-electron chi connectivity index (χ1n) is 10.2. The molecular weight excluding hydrogens is 436 g/mol. The maximum Gasteiger partial charge on any atom is 0.338 e. The van der Waals surface area contributed by atoms with Gasteiger partial charge < -0.3 is 19.7 Å². The van der Waals surface area contributed by atoms with E-state index in [9.17, 15) is 9.59 Å². The van der Waals surface area contributed by atoms with E-state index >= 15 is 0 Å². The standard InChI is InChI=1S/C21H26N4O4S2/c1-14-18(20(27)28-2)19(15-3-10-30-12-15)25-16(13-31-21(25)23-14)11-17(26)22-4-5-24-6-8-29-9-7-24/h3,10,12-13,19H,4-9,11H2,1-2H3,(H,22,26). The highest BCUT2D eigenvalue weighted by atomic mass is 32.2. The molecule has 3 aliphatic heterocycles. The number of aliphatic imine (C=N–C) groups is 1. The summed E-state index contributed by atoms with van der Waals surface area (Å²) >= 11 is 3.05. The number of thioether (sulfide) groups is 1. The van der Waals surface area contributed by atoms with Crippen LogP contribution in [0, 0.1) is 0 Å². The van der Waals surface area contributed by atoms with Crippen LogP contribution in [0.5, 0.6) is 0 Å². The molecule has 166 valence electrons. The molecule has 0 spiro atoms. The third-order valence-corrected chi connectivity index (χ3v) is 7.05. The zero-order valence-electron chi connectivity index (χ0n) is 17.6. The van der Waals surface area contributed by atoms with Crippen molar-refractivity contribution in [3.63, 3.8) is 0 Å². The van der Waals surface area contributed by atoms with Crippen molar-refractivity contribution in [1.82, 2.24) is 15.1 Å². The average molecular weight is 463 g/mol. The van der Waals surface area contributed by atoms with E-state index in [0.717, 1.165) is 49.3 Å². The Morgan fingerprint density at radius 2 is 2.16 bits per heavy atom. The lowest BCUT2D eigenvalue weighted by atomic mass is 9.96. The van der Waals surface area contributed by atoms with E-state index in [0.29, 0.717) is 17.8 Å². The molecule has 1 amide bonds. The van der Waals surface area contributed by atoms with Crippen LogP contribution in [-0.2, 0) is 19.1 Å². The first kappa shape index (κ1) is 22.1. The highest BCUT2D eigenvalue weighted by Gasteiger charge is 2.41. The SMILES string of the molecule is COC(=O)C1=C(C)N=C2SC=C(CC(=O)NCCN3CCOCC3)N2C1c1ccsc1. The van der Waals surface area contributed by atoms with Crippen LogP contribution in [0.1, 0.15) is 24.9 Å². The normalized spacial score (nSPS) is 21.5. The van der Waals surface area contributed by atoms with Gasteiger partial charge in [0.25, 0.3) is 0 Å². The summed E-state index contributed by atoms with van der Waals surface area (Å²) in [5.74, 6) is -0.445. The predicted octanol–water partition coefficient (Wildman–Crippen LogP) is 2.33. The van der Waals surface area contributed by atoms with Gasteiger partial charge in [0.2, 0.25) is 5.91 Å². The van der Waals surface area contributed by atoms with Crippen LogP contribution in [0.3, 0.4) is 0 Å². The third-order valence-electron chi connectivity index (χ3n) is 5.46. The number of rotatable bonds is 7. The largest absolute Gasteiger partial charge is 0.466 e. The Balaban J connectivity index is 1.46. The number of amidine groups is 1. The van der Waals surface area contributed by atoms with Crippen LogP contribution in [0.2, 0.25) is 0 Å². The molecule has 31 heavy (non-hydrogen) atoms. The first-order chi connectivity index (χ1) is 15.1. The second kappa shape index (κ2) is 9.99. The van der Waals surface area contributed by atoms with Gasteiger partial charge in [-0.1, -0.05) is 11.8 Å². The Hall–Kier alpha value is -2.14. The van der Waals surface area contributed by atoms with Gasteiger partial charge in [-0.15, -0.1) is 0 Å². The number of allylic oxidation sites excluding steroid dienone is 1. The molecule has 0 saturated carbocycles. The molecule has 1 aromatic rings. The molecule has 4 heterocycles. The summed E-state index contributed by atoms with van der Waals surface area (Å²) in [5, 5.41) is 9.75. The highest BCUT2D eigenvalue weighted by Crippen LogP contribution is 2.45. The minimum absolute atomic E-state index is 0.0451. The molecule has 1 atom stereocenters. The van der Waals surface area contributed by atoms with Gasteiger partial charge in [-0.25, -0.2) is 9.79 Å². The highest BCUT2D eigenvalue weighted by molar-refractivity contribution is 8.16. The summed E-state index contributed by atoms with van der Waals surface area (Å²) in [4.78, 5) is 34.2.